The lowest BCUT2D eigenvalue weighted by Crippen LogP contribution is -2.28. The maximum absolute atomic E-state index is 9.56. The Balaban J connectivity index is 4.33. The Morgan fingerprint density at radius 3 is 1.42 bits per heavy atom. The summed E-state index contributed by atoms with van der Waals surface area (Å²) in [5.41, 5.74) is 0. The smallest absolute Gasteiger partial charge is 0.0603 e. The highest BCUT2D eigenvalue weighted by atomic mass is 16.5. The van der Waals surface area contributed by atoms with Crippen molar-refractivity contribution in [2.24, 2.45) is 0 Å². The van der Waals surface area contributed by atoms with Crippen LogP contribution in [0.5, 0.6) is 0 Å². The third kappa shape index (κ3) is 11.4. The molecule has 0 radical (unpaired) electrons. The summed E-state index contributed by atoms with van der Waals surface area (Å²) in [6.45, 7) is 7.98. The molecule has 0 saturated carbocycles. The van der Waals surface area contributed by atoms with Gasteiger partial charge in [0.05, 0.1) is 24.4 Å². The lowest BCUT2D eigenvalue weighted by Gasteiger charge is -2.27. The molecule has 0 bridgehead atoms. The molecule has 0 spiro atoms. The molecule has 19 heavy (non-hydrogen) atoms. The van der Waals surface area contributed by atoms with E-state index in [-0.39, 0.29) is 24.4 Å². The van der Waals surface area contributed by atoms with E-state index >= 15 is 0 Å². The van der Waals surface area contributed by atoms with Crippen LogP contribution >= 0.6 is 0 Å². The van der Waals surface area contributed by atoms with E-state index in [2.05, 4.69) is 13.8 Å². The number of ether oxygens (including phenoxy) is 1. The van der Waals surface area contributed by atoms with Gasteiger partial charge in [0, 0.05) is 0 Å². The first-order valence-electron chi connectivity index (χ1n) is 8.01. The van der Waals surface area contributed by atoms with E-state index in [1.807, 2.05) is 13.8 Å². The number of hydrogen-bond acceptors (Lipinski definition) is 3. The van der Waals surface area contributed by atoms with E-state index in [0.29, 0.717) is 12.8 Å². The van der Waals surface area contributed by atoms with Gasteiger partial charge in [-0.25, -0.2) is 0 Å². The van der Waals surface area contributed by atoms with Crippen LogP contribution in [0, 0.1) is 0 Å². The van der Waals surface area contributed by atoms with Crippen molar-refractivity contribution in [1.82, 2.24) is 0 Å². The zero-order valence-electron chi connectivity index (χ0n) is 13.3. The topological polar surface area (TPSA) is 49.7 Å². The molecule has 0 amide bonds. The molecule has 0 aromatic carbocycles. The van der Waals surface area contributed by atoms with Crippen LogP contribution in [0.2, 0.25) is 0 Å². The second kappa shape index (κ2) is 11.7. The molecule has 0 aliphatic rings. The Bertz CT molecular complexity index is 172. The quantitative estimate of drug-likeness (QED) is 0.571. The molecule has 0 aliphatic heterocycles. The Morgan fingerprint density at radius 1 is 0.789 bits per heavy atom. The van der Waals surface area contributed by atoms with Gasteiger partial charge in [-0.05, 0) is 39.5 Å². The van der Waals surface area contributed by atoms with E-state index in [9.17, 15) is 10.2 Å². The minimum absolute atomic E-state index is 0.126. The molecule has 0 heterocycles. The molecular weight excluding hydrogens is 240 g/mol. The number of rotatable bonds is 12. The maximum Gasteiger partial charge on any atom is 0.0603 e. The molecule has 3 heteroatoms. The lowest BCUT2D eigenvalue weighted by atomic mass is 10.0. The number of hydrogen-bond donors (Lipinski definition) is 2. The second-order valence-corrected chi connectivity index (χ2v) is 5.83. The summed E-state index contributed by atoms with van der Waals surface area (Å²) in [5.74, 6) is 0. The third-order valence-electron chi connectivity index (χ3n) is 3.35. The van der Waals surface area contributed by atoms with Gasteiger partial charge < -0.3 is 14.9 Å². The molecule has 4 atom stereocenters. The first-order chi connectivity index (χ1) is 8.99. The fourth-order valence-electron chi connectivity index (χ4n) is 2.38. The van der Waals surface area contributed by atoms with Crippen LogP contribution < -0.4 is 0 Å². The van der Waals surface area contributed by atoms with Crippen molar-refractivity contribution in [2.75, 3.05) is 0 Å². The average molecular weight is 274 g/mol. The summed E-state index contributed by atoms with van der Waals surface area (Å²) in [6, 6.07) is 0. The summed E-state index contributed by atoms with van der Waals surface area (Å²) < 4.78 is 6.16. The van der Waals surface area contributed by atoms with Crippen molar-refractivity contribution in [3.8, 4) is 0 Å². The van der Waals surface area contributed by atoms with Crippen molar-refractivity contribution >= 4 is 0 Å². The first-order valence-corrected chi connectivity index (χ1v) is 8.01. The first kappa shape index (κ1) is 18.9. The minimum Gasteiger partial charge on any atom is -0.393 e. The van der Waals surface area contributed by atoms with Gasteiger partial charge in [-0.2, -0.15) is 0 Å². The van der Waals surface area contributed by atoms with Gasteiger partial charge in [0.15, 0.2) is 0 Å². The Morgan fingerprint density at radius 2 is 1.16 bits per heavy atom. The number of aliphatic hydroxyl groups excluding tert-OH is 2. The van der Waals surface area contributed by atoms with E-state index < -0.39 is 0 Å². The van der Waals surface area contributed by atoms with Crippen LogP contribution in [0.4, 0.5) is 0 Å². The molecule has 0 aromatic rings. The maximum atomic E-state index is 9.56. The van der Waals surface area contributed by atoms with Crippen molar-refractivity contribution < 1.29 is 14.9 Å². The van der Waals surface area contributed by atoms with Crippen molar-refractivity contribution in [3.63, 3.8) is 0 Å². The van der Waals surface area contributed by atoms with Gasteiger partial charge in [0.1, 0.15) is 0 Å². The van der Waals surface area contributed by atoms with Gasteiger partial charge in [-0.15, -0.1) is 0 Å². The fraction of sp³-hybridized carbons (Fsp3) is 1.00. The minimum atomic E-state index is -0.319. The summed E-state index contributed by atoms with van der Waals surface area (Å²) in [5, 5.41) is 19.1. The van der Waals surface area contributed by atoms with Gasteiger partial charge in [-0.3, -0.25) is 0 Å². The molecule has 0 fully saturated rings. The van der Waals surface area contributed by atoms with Gasteiger partial charge >= 0.3 is 0 Å². The van der Waals surface area contributed by atoms with Crippen LogP contribution in [-0.4, -0.2) is 34.6 Å². The van der Waals surface area contributed by atoms with Crippen LogP contribution in [0.15, 0.2) is 0 Å². The SMILES string of the molecule is CCCCC(CC(C)O)OC(CCCC)CC(C)O. The zero-order valence-corrected chi connectivity index (χ0v) is 13.3. The molecule has 116 valence electrons. The molecule has 4 unspecified atom stereocenters. The molecule has 0 saturated heterocycles. The van der Waals surface area contributed by atoms with E-state index in [0.717, 1.165) is 38.5 Å². The van der Waals surface area contributed by atoms with Crippen LogP contribution in [0.3, 0.4) is 0 Å². The van der Waals surface area contributed by atoms with E-state index in [4.69, 9.17) is 4.74 Å². The lowest BCUT2D eigenvalue weighted by molar-refractivity contribution is -0.0580. The third-order valence-corrected chi connectivity index (χ3v) is 3.35. The standard InChI is InChI=1S/C16H34O3/c1-5-7-9-15(11-13(3)17)19-16(10-8-6-2)12-14(4)18/h13-18H,5-12H2,1-4H3. The molecular formula is C16H34O3. The summed E-state index contributed by atoms with van der Waals surface area (Å²) in [7, 11) is 0. The fourth-order valence-corrected chi connectivity index (χ4v) is 2.38. The monoisotopic (exact) mass is 274 g/mol. The number of unbranched alkanes of at least 4 members (excludes halogenated alkanes) is 2. The van der Waals surface area contributed by atoms with Crippen LogP contribution in [0.25, 0.3) is 0 Å². The predicted octanol–water partition coefficient (Wildman–Crippen LogP) is 3.66. The second-order valence-electron chi connectivity index (χ2n) is 5.83. The molecule has 2 N–H and O–H groups in total. The summed E-state index contributed by atoms with van der Waals surface area (Å²) in [4.78, 5) is 0. The normalized spacial score (nSPS) is 18.0. The Hall–Kier alpha value is -0.120. The highest BCUT2D eigenvalue weighted by molar-refractivity contribution is 4.69. The Labute approximate surface area is 119 Å². The van der Waals surface area contributed by atoms with Gasteiger partial charge in [-0.1, -0.05) is 39.5 Å². The molecule has 0 rings (SSSR count). The molecule has 0 aromatic heterocycles. The largest absolute Gasteiger partial charge is 0.393 e. The van der Waals surface area contributed by atoms with E-state index in [1.54, 1.807) is 0 Å². The van der Waals surface area contributed by atoms with Crippen LogP contribution in [-0.2, 0) is 4.74 Å². The Kier molecular flexibility index (Phi) is 11.6. The average Bonchev–Trinajstić information content (AvgIpc) is 2.31. The highest BCUT2D eigenvalue weighted by Gasteiger charge is 2.19. The van der Waals surface area contributed by atoms with Crippen LogP contribution in [0.1, 0.15) is 79.1 Å². The van der Waals surface area contributed by atoms with Crippen molar-refractivity contribution in [1.29, 1.82) is 0 Å². The van der Waals surface area contributed by atoms with Crippen molar-refractivity contribution in [2.45, 2.75) is 103 Å². The van der Waals surface area contributed by atoms with Gasteiger partial charge in [0.2, 0.25) is 0 Å². The highest BCUT2D eigenvalue weighted by Crippen LogP contribution is 2.19. The van der Waals surface area contributed by atoms with Crippen molar-refractivity contribution in [3.05, 3.63) is 0 Å². The molecule has 3 nitrogen and oxygen atoms in total. The zero-order chi connectivity index (χ0) is 14.7. The predicted molar refractivity (Wildman–Crippen MR) is 80.3 cm³/mol. The summed E-state index contributed by atoms with van der Waals surface area (Å²) in [6.07, 6.45) is 7.57. The number of aliphatic hydroxyl groups is 2. The van der Waals surface area contributed by atoms with E-state index in [1.165, 1.54) is 0 Å². The summed E-state index contributed by atoms with van der Waals surface area (Å²) >= 11 is 0. The van der Waals surface area contributed by atoms with Gasteiger partial charge in [0.25, 0.3) is 0 Å². The molecule has 0 aliphatic carbocycles.